The minimum absolute atomic E-state index is 0.338. The van der Waals surface area contributed by atoms with Crippen LogP contribution in [0.2, 0.25) is 0 Å². The van der Waals surface area contributed by atoms with Crippen molar-refractivity contribution in [2.45, 2.75) is 32.4 Å². The zero-order valence-electron chi connectivity index (χ0n) is 12.0. The van der Waals surface area contributed by atoms with Crippen LogP contribution >= 0.6 is 0 Å². The molecule has 19 heavy (non-hydrogen) atoms. The van der Waals surface area contributed by atoms with Gasteiger partial charge in [-0.3, -0.25) is 0 Å². The maximum atomic E-state index is 5.24. The van der Waals surface area contributed by atoms with Crippen molar-refractivity contribution in [3.05, 3.63) is 48.0 Å². The Kier molecular flexibility index (Phi) is 4.94. The third-order valence-electron chi connectivity index (χ3n) is 3.62. The Bertz CT molecular complexity index is 523. The summed E-state index contributed by atoms with van der Waals surface area (Å²) in [7, 11) is 1.75. The molecule has 102 valence electrons. The highest BCUT2D eigenvalue weighted by atomic mass is 16.5. The highest BCUT2D eigenvalue weighted by molar-refractivity contribution is 5.83. The SMILES string of the molecule is CCC(COC)NC(C)c1ccc2ccccc2c1. The maximum Gasteiger partial charge on any atom is 0.0615 e. The van der Waals surface area contributed by atoms with Crippen LogP contribution in [0.25, 0.3) is 10.8 Å². The first-order chi connectivity index (χ1) is 9.24. The van der Waals surface area contributed by atoms with Gasteiger partial charge in [0.25, 0.3) is 0 Å². The molecule has 2 atom stereocenters. The van der Waals surface area contributed by atoms with Gasteiger partial charge in [-0.05, 0) is 35.7 Å². The summed E-state index contributed by atoms with van der Waals surface area (Å²) in [5.41, 5.74) is 1.33. The molecule has 2 nitrogen and oxygen atoms in total. The second-order valence-corrected chi connectivity index (χ2v) is 5.06. The summed E-state index contributed by atoms with van der Waals surface area (Å²) in [5, 5.41) is 6.22. The van der Waals surface area contributed by atoms with Crippen LogP contribution in [-0.4, -0.2) is 19.8 Å². The average molecular weight is 257 g/mol. The quantitative estimate of drug-likeness (QED) is 0.847. The van der Waals surface area contributed by atoms with Gasteiger partial charge in [-0.2, -0.15) is 0 Å². The van der Waals surface area contributed by atoms with Gasteiger partial charge in [0.15, 0.2) is 0 Å². The van der Waals surface area contributed by atoms with E-state index in [1.807, 2.05) is 0 Å². The first-order valence-electron chi connectivity index (χ1n) is 6.98. The van der Waals surface area contributed by atoms with Crippen LogP contribution in [0.4, 0.5) is 0 Å². The summed E-state index contributed by atoms with van der Waals surface area (Å²) in [4.78, 5) is 0. The van der Waals surface area contributed by atoms with E-state index in [2.05, 4.69) is 61.6 Å². The number of nitrogens with one attached hydrogen (secondary N) is 1. The summed E-state index contributed by atoms with van der Waals surface area (Å²) >= 11 is 0. The Morgan fingerprint density at radius 2 is 1.84 bits per heavy atom. The van der Waals surface area contributed by atoms with Gasteiger partial charge in [-0.15, -0.1) is 0 Å². The Morgan fingerprint density at radius 3 is 2.53 bits per heavy atom. The van der Waals surface area contributed by atoms with E-state index in [-0.39, 0.29) is 0 Å². The van der Waals surface area contributed by atoms with Crippen LogP contribution in [0, 0.1) is 0 Å². The largest absolute Gasteiger partial charge is 0.383 e. The van der Waals surface area contributed by atoms with Crippen molar-refractivity contribution >= 4 is 10.8 Å². The molecule has 0 aliphatic heterocycles. The molecule has 0 heterocycles. The summed E-state index contributed by atoms with van der Waals surface area (Å²) < 4.78 is 5.24. The van der Waals surface area contributed by atoms with Crippen molar-refractivity contribution in [1.29, 1.82) is 0 Å². The van der Waals surface area contributed by atoms with Crippen molar-refractivity contribution in [3.8, 4) is 0 Å². The van der Waals surface area contributed by atoms with Crippen LogP contribution < -0.4 is 5.32 Å². The zero-order chi connectivity index (χ0) is 13.7. The Morgan fingerprint density at radius 1 is 1.11 bits per heavy atom. The van der Waals surface area contributed by atoms with Crippen LogP contribution in [0.1, 0.15) is 31.9 Å². The van der Waals surface area contributed by atoms with Crippen LogP contribution in [0.3, 0.4) is 0 Å². The minimum atomic E-state index is 0.338. The number of fused-ring (bicyclic) bond motifs is 1. The molecule has 2 aromatic carbocycles. The van der Waals surface area contributed by atoms with Gasteiger partial charge < -0.3 is 10.1 Å². The number of hydrogen-bond donors (Lipinski definition) is 1. The number of benzene rings is 2. The van der Waals surface area contributed by atoms with Gasteiger partial charge >= 0.3 is 0 Å². The van der Waals surface area contributed by atoms with E-state index in [0.29, 0.717) is 12.1 Å². The van der Waals surface area contributed by atoms with Crippen molar-refractivity contribution in [3.63, 3.8) is 0 Å². The van der Waals surface area contributed by atoms with Crippen molar-refractivity contribution in [2.75, 3.05) is 13.7 Å². The molecule has 2 heteroatoms. The second kappa shape index (κ2) is 6.69. The monoisotopic (exact) mass is 257 g/mol. The van der Waals surface area contributed by atoms with E-state index in [9.17, 15) is 0 Å². The Hall–Kier alpha value is -1.38. The molecule has 2 unspecified atom stereocenters. The smallest absolute Gasteiger partial charge is 0.0615 e. The number of rotatable bonds is 6. The summed E-state index contributed by atoms with van der Waals surface area (Å²) in [6.45, 7) is 5.15. The first-order valence-corrected chi connectivity index (χ1v) is 6.98. The summed E-state index contributed by atoms with van der Waals surface area (Å²) in [5.74, 6) is 0. The van der Waals surface area contributed by atoms with E-state index in [1.165, 1.54) is 16.3 Å². The molecular weight excluding hydrogens is 234 g/mol. The molecule has 2 rings (SSSR count). The molecule has 0 bridgehead atoms. The lowest BCUT2D eigenvalue weighted by atomic mass is 10.0. The average Bonchev–Trinajstić information content (AvgIpc) is 2.46. The molecule has 0 aromatic heterocycles. The molecule has 0 saturated carbocycles. The van der Waals surface area contributed by atoms with Gasteiger partial charge in [-0.25, -0.2) is 0 Å². The fourth-order valence-electron chi connectivity index (χ4n) is 2.41. The van der Waals surface area contributed by atoms with Crippen molar-refractivity contribution in [2.24, 2.45) is 0 Å². The van der Waals surface area contributed by atoms with Gasteiger partial charge in [0.05, 0.1) is 6.61 Å². The lowest BCUT2D eigenvalue weighted by molar-refractivity contribution is 0.159. The molecule has 2 aromatic rings. The van der Waals surface area contributed by atoms with Gasteiger partial charge in [-0.1, -0.05) is 43.3 Å². The molecule has 0 amide bonds. The van der Waals surface area contributed by atoms with Crippen LogP contribution in [-0.2, 0) is 4.74 Å². The minimum Gasteiger partial charge on any atom is -0.383 e. The third kappa shape index (κ3) is 3.55. The number of methoxy groups -OCH3 is 1. The fourth-order valence-corrected chi connectivity index (χ4v) is 2.41. The number of ether oxygens (including phenoxy) is 1. The zero-order valence-corrected chi connectivity index (χ0v) is 12.0. The Balaban J connectivity index is 2.14. The second-order valence-electron chi connectivity index (χ2n) is 5.06. The van der Waals surface area contributed by atoms with Crippen molar-refractivity contribution < 1.29 is 4.74 Å². The molecular formula is C17H23NO. The van der Waals surface area contributed by atoms with E-state index in [4.69, 9.17) is 4.74 Å². The molecule has 0 saturated heterocycles. The van der Waals surface area contributed by atoms with E-state index in [0.717, 1.165) is 13.0 Å². The Labute approximate surface area is 115 Å². The van der Waals surface area contributed by atoms with Gasteiger partial charge in [0, 0.05) is 19.2 Å². The van der Waals surface area contributed by atoms with Crippen molar-refractivity contribution in [1.82, 2.24) is 5.32 Å². The van der Waals surface area contributed by atoms with E-state index < -0.39 is 0 Å². The topological polar surface area (TPSA) is 21.3 Å². The van der Waals surface area contributed by atoms with E-state index in [1.54, 1.807) is 7.11 Å². The van der Waals surface area contributed by atoms with Gasteiger partial charge in [0.2, 0.25) is 0 Å². The van der Waals surface area contributed by atoms with Gasteiger partial charge in [0.1, 0.15) is 0 Å². The lowest BCUT2D eigenvalue weighted by Gasteiger charge is -2.22. The van der Waals surface area contributed by atoms with E-state index >= 15 is 0 Å². The van der Waals surface area contributed by atoms with Crippen LogP contribution in [0.5, 0.6) is 0 Å². The molecule has 0 aliphatic rings. The highest BCUT2D eigenvalue weighted by Gasteiger charge is 2.11. The molecule has 1 N–H and O–H groups in total. The lowest BCUT2D eigenvalue weighted by Crippen LogP contribution is -2.34. The number of hydrogen-bond acceptors (Lipinski definition) is 2. The molecule has 0 aliphatic carbocycles. The standard InChI is InChI=1S/C17H23NO/c1-4-17(12-19-3)18-13(2)15-10-9-14-7-5-6-8-16(14)11-15/h5-11,13,17-18H,4,12H2,1-3H3. The predicted octanol–water partition coefficient (Wildman–Crippen LogP) is 3.92. The predicted molar refractivity (Wildman–Crippen MR) is 81.5 cm³/mol. The normalized spacial score (nSPS) is 14.5. The molecule has 0 radical (unpaired) electrons. The maximum absolute atomic E-state index is 5.24. The molecule has 0 spiro atoms. The summed E-state index contributed by atoms with van der Waals surface area (Å²) in [6, 6.07) is 15.9. The third-order valence-corrected chi connectivity index (χ3v) is 3.62. The summed E-state index contributed by atoms with van der Waals surface area (Å²) in [6.07, 6.45) is 1.08. The first kappa shape index (κ1) is 14.0. The highest BCUT2D eigenvalue weighted by Crippen LogP contribution is 2.20. The molecule has 0 fully saturated rings. The fraction of sp³-hybridized carbons (Fsp3) is 0.412. The van der Waals surface area contributed by atoms with Crippen LogP contribution in [0.15, 0.2) is 42.5 Å².